The van der Waals surface area contributed by atoms with Gasteiger partial charge in [-0.3, -0.25) is 18.9 Å². The van der Waals surface area contributed by atoms with Gasteiger partial charge in [0.15, 0.2) is 5.82 Å². The molecule has 0 atom stereocenters. The molecule has 0 saturated heterocycles. The average Bonchev–Trinajstić information content (AvgIpc) is 3.80. The third-order valence-corrected chi connectivity index (χ3v) is 8.24. The van der Waals surface area contributed by atoms with Crippen LogP contribution in [0.1, 0.15) is 47.2 Å². The van der Waals surface area contributed by atoms with Crippen molar-refractivity contribution in [3.05, 3.63) is 84.7 Å². The minimum atomic E-state index is -3.96. The van der Waals surface area contributed by atoms with Gasteiger partial charge in [0, 0.05) is 34.7 Å². The van der Waals surface area contributed by atoms with Gasteiger partial charge in [0.1, 0.15) is 11.6 Å². The van der Waals surface area contributed by atoms with E-state index in [1.165, 1.54) is 48.0 Å². The Kier molecular flexibility index (Phi) is 7.66. The third-order valence-electron chi connectivity index (χ3n) is 6.43. The maximum Gasteiger partial charge on any atom is 0.299 e. The van der Waals surface area contributed by atoms with Crippen molar-refractivity contribution in [2.24, 2.45) is 7.05 Å². The van der Waals surface area contributed by atoms with Crippen molar-refractivity contribution in [1.82, 2.24) is 14.6 Å². The summed E-state index contributed by atoms with van der Waals surface area (Å²) in [5.74, 6) is -1.73. The average molecular weight is 669 g/mol. The van der Waals surface area contributed by atoms with E-state index in [1.54, 1.807) is 6.07 Å². The van der Waals surface area contributed by atoms with Crippen molar-refractivity contribution in [3.8, 4) is 0 Å². The fourth-order valence-electron chi connectivity index (χ4n) is 4.06. The predicted molar refractivity (Wildman–Crippen MR) is 152 cm³/mol. The molecule has 0 aliphatic heterocycles. The number of nitrogens with one attached hydrogen (secondary N) is 4. The molecule has 4 N–H and O–H groups in total. The maximum absolute atomic E-state index is 15.4. The van der Waals surface area contributed by atoms with E-state index < -0.39 is 33.3 Å². The number of pyridine rings is 1. The standard InChI is InChI=1S/C26H26F2IN5O4S/c1-34-24(31-21-10-5-16(29)13-20(21)27)19(25(35)30-17-6-7-17)12-15(26(34)36)11-14-3-2-4-22(23(14)28)33-39(37,38)32-18-8-9-18/h2-5,10,12-13,17-18,31-33H,6-9,11H2,1H3,(H,30,35). The zero-order valence-electron chi connectivity index (χ0n) is 20.9. The van der Waals surface area contributed by atoms with Gasteiger partial charge in [-0.1, -0.05) is 12.1 Å². The maximum atomic E-state index is 15.4. The van der Waals surface area contributed by atoms with E-state index in [9.17, 15) is 22.4 Å². The molecule has 3 aromatic rings. The fraction of sp³-hybridized carbons (Fsp3) is 0.308. The molecule has 0 radical (unpaired) electrons. The number of hydrogen-bond acceptors (Lipinski definition) is 5. The molecule has 13 heteroatoms. The van der Waals surface area contributed by atoms with Gasteiger partial charge in [0.25, 0.3) is 21.7 Å². The molecule has 9 nitrogen and oxygen atoms in total. The molecule has 2 aromatic carbocycles. The van der Waals surface area contributed by atoms with Crippen LogP contribution in [0.4, 0.5) is 26.0 Å². The summed E-state index contributed by atoms with van der Waals surface area (Å²) in [5.41, 5.74) is -0.408. The number of rotatable bonds is 10. The zero-order chi connectivity index (χ0) is 27.9. The number of carbonyl (C=O) groups is 1. The molecule has 0 unspecified atom stereocenters. The molecular formula is C26H26F2IN5O4S. The van der Waals surface area contributed by atoms with Crippen molar-refractivity contribution in [1.29, 1.82) is 0 Å². The molecule has 2 aliphatic rings. The highest BCUT2D eigenvalue weighted by Crippen LogP contribution is 2.28. The second-order valence-corrected chi connectivity index (χ2v) is 12.4. The number of carbonyl (C=O) groups excluding carboxylic acids is 1. The van der Waals surface area contributed by atoms with Gasteiger partial charge in [0.05, 0.1) is 16.9 Å². The summed E-state index contributed by atoms with van der Waals surface area (Å²) in [4.78, 5) is 26.5. The van der Waals surface area contributed by atoms with Crippen LogP contribution in [0, 0.1) is 15.2 Å². The highest BCUT2D eigenvalue weighted by atomic mass is 127. The summed E-state index contributed by atoms with van der Waals surface area (Å²) < 4.78 is 61.1. The molecule has 206 valence electrons. The molecule has 2 saturated carbocycles. The monoisotopic (exact) mass is 669 g/mol. The summed E-state index contributed by atoms with van der Waals surface area (Å²) in [7, 11) is -2.52. The number of amides is 1. The van der Waals surface area contributed by atoms with E-state index in [0.29, 0.717) is 3.57 Å². The first kappa shape index (κ1) is 27.5. The van der Waals surface area contributed by atoms with Crippen LogP contribution in [0.25, 0.3) is 0 Å². The lowest BCUT2D eigenvalue weighted by Gasteiger charge is -2.18. The van der Waals surface area contributed by atoms with Crippen LogP contribution >= 0.6 is 22.6 Å². The summed E-state index contributed by atoms with van der Waals surface area (Å²) in [6, 6.07) is 9.97. The highest BCUT2D eigenvalue weighted by molar-refractivity contribution is 14.1. The van der Waals surface area contributed by atoms with Crippen molar-refractivity contribution in [3.63, 3.8) is 0 Å². The molecule has 5 rings (SSSR count). The quantitative estimate of drug-likeness (QED) is 0.244. The Balaban J connectivity index is 1.49. The highest BCUT2D eigenvalue weighted by Gasteiger charge is 2.29. The number of aromatic nitrogens is 1. The van der Waals surface area contributed by atoms with Crippen LogP contribution in [0.2, 0.25) is 0 Å². The Morgan fingerprint density at radius 1 is 1.03 bits per heavy atom. The molecule has 2 aliphatic carbocycles. The molecule has 0 spiro atoms. The second-order valence-electron chi connectivity index (χ2n) is 9.75. The van der Waals surface area contributed by atoms with Crippen LogP contribution < -0.4 is 25.6 Å². The topological polar surface area (TPSA) is 121 Å². The largest absolute Gasteiger partial charge is 0.349 e. The van der Waals surface area contributed by atoms with Gasteiger partial charge in [0.2, 0.25) is 0 Å². The first-order valence-electron chi connectivity index (χ1n) is 12.3. The Hall–Kier alpha value is -3.04. The molecule has 1 heterocycles. The SMILES string of the molecule is Cn1c(Nc2ccc(I)cc2F)c(C(=O)NC2CC2)cc(Cc2cccc(NS(=O)(=O)NC3CC3)c2F)c1=O. The van der Waals surface area contributed by atoms with E-state index in [2.05, 4.69) is 20.1 Å². The molecular weight excluding hydrogens is 643 g/mol. The van der Waals surface area contributed by atoms with Gasteiger partial charge >= 0.3 is 0 Å². The zero-order valence-corrected chi connectivity index (χ0v) is 23.8. The number of nitrogens with zero attached hydrogens (tertiary/aromatic N) is 1. The first-order valence-corrected chi connectivity index (χ1v) is 14.9. The van der Waals surface area contributed by atoms with E-state index in [-0.39, 0.29) is 52.4 Å². The number of hydrogen-bond donors (Lipinski definition) is 4. The minimum Gasteiger partial charge on any atom is -0.349 e. The van der Waals surface area contributed by atoms with Crippen LogP contribution in [-0.4, -0.2) is 31.0 Å². The second kappa shape index (κ2) is 10.8. The number of anilines is 3. The first-order chi connectivity index (χ1) is 18.5. The van der Waals surface area contributed by atoms with Gasteiger partial charge < -0.3 is 10.6 Å². The van der Waals surface area contributed by atoms with Crippen LogP contribution in [-0.2, 0) is 23.7 Å². The third kappa shape index (κ3) is 6.58. The van der Waals surface area contributed by atoms with Crippen molar-refractivity contribution < 1.29 is 22.0 Å². The Bertz CT molecular complexity index is 1620. The van der Waals surface area contributed by atoms with E-state index >= 15 is 4.39 Å². The summed E-state index contributed by atoms with van der Waals surface area (Å²) in [6.45, 7) is 0. The smallest absolute Gasteiger partial charge is 0.299 e. The lowest BCUT2D eigenvalue weighted by molar-refractivity contribution is 0.0951. The number of benzene rings is 2. The van der Waals surface area contributed by atoms with Crippen LogP contribution in [0.5, 0.6) is 0 Å². The minimum absolute atomic E-state index is 0.0208. The van der Waals surface area contributed by atoms with Crippen molar-refractivity contribution >= 4 is 55.9 Å². The Morgan fingerprint density at radius 2 is 1.74 bits per heavy atom. The van der Waals surface area contributed by atoms with Crippen molar-refractivity contribution in [2.45, 2.75) is 44.2 Å². The van der Waals surface area contributed by atoms with Gasteiger partial charge in [-0.25, -0.2) is 8.78 Å². The Morgan fingerprint density at radius 3 is 2.41 bits per heavy atom. The van der Waals surface area contributed by atoms with E-state index in [1.807, 2.05) is 22.6 Å². The lowest BCUT2D eigenvalue weighted by Crippen LogP contribution is -2.32. The molecule has 1 aromatic heterocycles. The van der Waals surface area contributed by atoms with Gasteiger partial charge in [-0.15, -0.1) is 0 Å². The molecule has 2 fully saturated rings. The Labute approximate surface area is 237 Å². The van der Waals surface area contributed by atoms with Crippen molar-refractivity contribution in [2.75, 3.05) is 10.0 Å². The summed E-state index contributed by atoms with van der Waals surface area (Å²) in [6.07, 6.45) is 2.92. The fourth-order valence-corrected chi connectivity index (χ4v) is 5.69. The molecule has 1 amide bonds. The normalized spacial score (nSPS) is 15.2. The van der Waals surface area contributed by atoms with Gasteiger partial charge in [-0.05, 0) is 84.2 Å². The van der Waals surface area contributed by atoms with Crippen LogP contribution in [0.15, 0.2) is 47.3 Å². The number of halogens is 3. The van der Waals surface area contributed by atoms with Gasteiger partial charge in [-0.2, -0.15) is 13.1 Å². The summed E-state index contributed by atoms with van der Waals surface area (Å²) in [5, 5.41) is 5.75. The molecule has 39 heavy (non-hydrogen) atoms. The van der Waals surface area contributed by atoms with E-state index in [4.69, 9.17) is 0 Å². The van der Waals surface area contributed by atoms with Crippen LogP contribution in [0.3, 0.4) is 0 Å². The molecule has 0 bridgehead atoms. The van der Waals surface area contributed by atoms with E-state index in [0.717, 1.165) is 25.7 Å². The lowest BCUT2D eigenvalue weighted by atomic mass is 10.0. The summed E-state index contributed by atoms with van der Waals surface area (Å²) >= 11 is 1.98. The predicted octanol–water partition coefficient (Wildman–Crippen LogP) is 3.90.